The van der Waals surface area contributed by atoms with Crippen molar-refractivity contribution < 1.29 is 19.4 Å². The van der Waals surface area contributed by atoms with Gasteiger partial charge < -0.3 is 14.6 Å². The van der Waals surface area contributed by atoms with E-state index in [2.05, 4.69) is 6.07 Å². The molecule has 0 spiro atoms. The molecule has 1 aliphatic heterocycles. The molecule has 0 aliphatic carbocycles. The molecule has 0 unspecified atom stereocenters. The molecule has 0 aromatic heterocycles. The second-order valence-corrected chi connectivity index (χ2v) is 6.50. The molecule has 1 aliphatic rings. The summed E-state index contributed by atoms with van der Waals surface area (Å²) in [6, 6.07) is 18.9. The van der Waals surface area contributed by atoms with Gasteiger partial charge in [0.05, 0.1) is 24.7 Å². The van der Waals surface area contributed by atoms with Gasteiger partial charge in [0.1, 0.15) is 17.2 Å². The Labute approximate surface area is 156 Å². The minimum Gasteiger partial charge on any atom is -0.493 e. The number of carbonyl (C=O) groups is 1. The van der Waals surface area contributed by atoms with Crippen LogP contribution in [-0.2, 0) is 4.79 Å². The average molecular weight is 359 g/mol. The molecule has 0 fully saturated rings. The highest BCUT2D eigenvalue weighted by Gasteiger charge is 2.24. The molecule has 27 heavy (non-hydrogen) atoms. The van der Waals surface area contributed by atoms with E-state index >= 15 is 0 Å². The molecule has 134 valence electrons. The van der Waals surface area contributed by atoms with Gasteiger partial charge >= 0.3 is 5.97 Å². The number of nitriles is 1. The van der Waals surface area contributed by atoms with Crippen LogP contribution in [0.1, 0.15) is 29.9 Å². The number of carboxylic acids is 1. The van der Waals surface area contributed by atoms with Gasteiger partial charge in [-0.25, -0.2) is 0 Å². The summed E-state index contributed by atoms with van der Waals surface area (Å²) in [5, 5.41) is 20.1. The van der Waals surface area contributed by atoms with Crippen molar-refractivity contribution in [3.05, 3.63) is 65.7 Å². The van der Waals surface area contributed by atoms with Crippen LogP contribution in [0, 0.1) is 11.3 Å². The Hall–Kier alpha value is -3.52. The minimum absolute atomic E-state index is 0.0453. The molecule has 0 radical (unpaired) electrons. The van der Waals surface area contributed by atoms with Crippen molar-refractivity contribution in [2.45, 2.75) is 18.8 Å². The third-order valence-corrected chi connectivity index (χ3v) is 4.80. The van der Waals surface area contributed by atoms with E-state index in [9.17, 15) is 10.1 Å². The van der Waals surface area contributed by atoms with Crippen molar-refractivity contribution in [3.8, 4) is 23.3 Å². The van der Waals surface area contributed by atoms with Crippen molar-refractivity contribution >= 4 is 16.7 Å². The number of fused-ring (bicyclic) bond motifs is 2. The molecule has 0 bridgehead atoms. The van der Waals surface area contributed by atoms with E-state index in [0.29, 0.717) is 35.8 Å². The van der Waals surface area contributed by atoms with Crippen molar-refractivity contribution in [2.24, 2.45) is 0 Å². The lowest BCUT2D eigenvalue weighted by molar-refractivity contribution is -0.137. The molecule has 0 saturated carbocycles. The number of benzene rings is 3. The first-order valence-corrected chi connectivity index (χ1v) is 8.74. The maximum atomic E-state index is 11.1. The fourth-order valence-electron chi connectivity index (χ4n) is 3.51. The number of carboxylic acid groups (broad SMARTS) is 1. The first-order chi connectivity index (χ1) is 13.2. The summed E-state index contributed by atoms with van der Waals surface area (Å²) < 4.78 is 11.8. The third kappa shape index (κ3) is 3.30. The Kier molecular flexibility index (Phi) is 4.39. The van der Waals surface area contributed by atoms with E-state index in [1.54, 1.807) is 18.2 Å². The fraction of sp³-hybridized carbons (Fsp3) is 0.182. The first kappa shape index (κ1) is 16.9. The van der Waals surface area contributed by atoms with Crippen LogP contribution in [0.25, 0.3) is 10.8 Å². The number of hydrogen-bond donors (Lipinski definition) is 1. The summed E-state index contributed by atoms with van der Waals surface area (Å²) in [5.41, 5.74) is 1.50. The van der Waals surface area contributed by atoms with Gasteiger partial charge in [-0.15, -0.1) is 0 Å². The molecular weight excluding hydrogens is 342 g/mol. The van der Waals surface area contributed by atoms with Gasteiger partial charge in [-0.1, -0.05) is 30.3 Å². The van der Waals surface area contributed by atoms with Gasteiger partial charge in [0.2, 0.25) is 0 Å². The number of rotatable bonds is 4. The molecule has 1 heterocycles. The van der Waals surface area contributed by atoms with Crippen LogP contribution in [0.2, 0.25) is 0 Å². The molecule has 0 amide bonds. The Morgan fingerprint density at radius 2 is 2.00 bits per heavy atom. The Morgan fingerprint density at radius 1 is 1.19 bits per heavy atom. The fourth-order valence-corrected chi connectivity index (χ4v) is 3.51. The molecule has 5 nitrogen and oxygen atoms in total. The van der Waals surface area contributed by atoms with Crippen LogP contribution < -0.4 is 9.47 Å². The number of aliphatic carboxylic acids is 1. The lowest BCUT2D eigenvalue weighted by Crippen LogP contribution is -2.16. The van der Waals surface area contributed by atoms with E-state index < -0.39 is 5.97 Å². The molecule has 3 aromatic carbocycles. The van der Waals surface area contributed by atoms with Crippen LogP contribution >= 0.6 is 0 Å². The zero-order valence-corrected chi connectivity index (χ0v) is 14.5. The number of hydrogen-bond acceptors (Lipinski definition) is 4. The predicted octanol–water partition coefficient (Wildman–Crippen LogP) is 4.84. The summed E-state index contributed by atoms with van der Waals surface area (Å²) in [4.78, 5) is 11.1. The first-order valence-electron chi connectivity index (χ1n) is 8.74. The van der Waals surface area contributed by atoms with Crippen LogP contribution in [-0.4, -0.2) is 17.7 Å². The van der Waals surface area contributed by atoms with Crippen molar-refractivity contribution in [2.75, 3.05) is 6.61 Å². The Morgan fingerprint density at radius 3 is 2.78 bits per heavy atom. The molecule has 4 rings (SSSR count). The van der Waals surface area contributed by atoms with Crippen molar-refractivity contribution in [1.29, 1.82) is 5.26 Å². The summed E-state index contributed by atoms with van der Waals surface area (Å²) in [7, 11) is 0. The molecule has 1 atom stereocenters. The zero-order chi connectivity index (χ0) is 18.8. The normalized spacial score (nSPS) is 15.4. The topological polar surface area (TPSA) is 79.5 Å². The van der Waals surface area contributed by atoms with Crippen LogP contribution in [0.4, 0.5) is 0 Å². The van der Waals surface area contributed by atoms with Crippen molar-refractivity contribution in [1.82, 2.24) is 0 Å². The molecule has 5 heteroatoms. The third-order valence-electron chi connectivity index (χ3n) is 4.80. The lowest BCUT2D eigenvalue weighted by atomic mass is 9.90. The SMILES string of the molecule is N#Cc1ccc(Oc2ccc3c(c2)OCC[C@H]3CC(=O)O)c2ccccc12. The molecule has 0 saturated heterocycles. The van der Waals surface area contributed by atoms with E-state index in [1.165, 1.54) is 0 Å². The second-order valence-electron chi connectivity index (χ2n) is 6.50. The second kappa shape index (κ2) is 7.00. The van der Waals surface area contributed by atoms with Gasteiger partial charge in [-0.05, 0) is 30.2 Å². The number of nitrogens with zero attached hydrogens (tertiary/aromatic N) is 1. The van der Waals surface area contributed by atoms with Crippen LogP contribution in [0.15, 0.2) is 54.6 Å². The average Bonchev–Trinajstić information content (AvgIpc) is 2.68. The Bertz CT molecular complexity index is 1070. The van der Waals surface area contributed by atoms with Crippen molar-refractivity contribution in [3.63, 3.8) is 0 Å². The summed E-state index contributed by atoms with van der Waals surface area (Å²) in [6.45, 7) is 0.494. The van der Waals surface area contributed by atoms with E-state index in [1.807, 2.05) is 36.4 Å². The van der Waals surface area contributed by atoms with Crippen LogP contribution in [0.5, 0.6) is 17.2 Å². The van der Waals surface area contributed by atoms with Gasteiger partial charge in [-0.3, -0.25) is 4.79 Å². The van der Waals surface area contributed by atoms with Gasteiger partial charge in [0, 0.05) is 22.8 Å². The number of ether oxygens (including phenoxy) is 2. The summed E-state index contributed by atoms with van der Waals surface area (Å²) >= 11 is 0. The monoisotopic (exact) mass is 359 g/mol. The van der Waals surface area contributed by atoms with E-state index in [0.717, 1.165) is 16.3 Å². The van der Waals surface area contributed by atoms with Gasteiger partial charge in [0.25, 0.3) is 0 Å². The maximum Gasteiger partial charge on any atom is 0.303 e. The maximum absolute atomic E-state index is 11.1. The highest BCUT2D eigenvalue weighted by atomic mass is 16.5. The minimum atomic E-state index is -0.808. The smallest absolute Gasteiger partial charge is 0.303 e. The van der Waals surface area contributed by atoms with E-state index in [-0.39, 0.29) is 12.3 Å². The standard InChI is InChI=1S/C22H17NO4/c23-13-15-5-8-20(19-4-2-1-3-17(15)19)27-16-6-7-18-14(11-22(24)25)9-10-26-21(18)12-16/h1-8,12,14H,9-11H2,(H,24,25)/t14-/m0/s1. The Balaban J connectivity index is 1.68. The lowest BCUT2D eigenvalue weighted by Gasteiger charge is -2.25. The highest BCUT2D eigenvalue weighted by Crippen LogP contribution is 2.40. The van der Waals surface area contributed by atoms with Crippen LogP contribution in [0.3, 0.4) is 0 Å². The van der Waals surface area contributed by atoms with E-state index in [4.69, 9.17) is 14.6 Å². The summed E-state index contributed by atoms with van der Waals surface area (Å²) in [5.74, 6) is 1.08. The highest BCUT2D eigenvalue weighted by molar-refractivity contribution is 5.93. The largest absolute Gasteiger partial charge is 0.493 e. The van der Waals surface area contributed by atoms with Gasteiger partial charge in [0.15, 0.2) is 0 Å². The zero-order valence-electron chi connectivity index (χ0n) is 14.5. The molecular formula is C22H17NO4. The molecule has 1 N–H and O–H groups in total. The van der Waals surface area contributed by atoms with Gasteiger partial charge in [-0.2, -0.15) is 5.26 Å². The quantitative estimate of drug-likeness (QED) is 0.721. The summed E-state index contributed by atoms with van der Waals surface area (Å²) in [6.07, 6.45) is 0.788. The molecule has 3 aromatic rings. The predicted molar refractivity (Wildman–Crippen MR) is 100 cm³/mol.